The van der Waals surface area contributed by atoms with Gasteiger partial charge in [-0.1, -0.05) is 48.5 Å². The number of alkyl carbamates (subject to hydrolysis) is 1. The summed E-state index contributed by atoms with van der Waals surface area (Å²) in [7, 11) is 1.33. The number of fused-ring (bicyclic) bond motifs is 3. The van der Waals surface area contributed by atoms with Crippen LogP contribution in [-0.4, -0.2) is 55.5 Å². The van der Waals surface area contributed by atoms with E-state index in [0.29, 0.717) is 0 Å². The molecule has 30 heavy (non-hydrogen) atoms. The summed E-state index contributed by atoms with van der Waals surface area (Å²) < 4.78 is 10.2. The molecule has 1 aliphatic carbocycles. The smallest absolute Gasteiger partial charge is 0.407 e. The topological polar surface area (TPSA) is 114 Å². The fraction of sp³-hybridized carbons (Fsp3) is 0.318. The van der Waals surface area contributed by atoms with Gasteiger partial charge in [0.15, 0.2) is 6.04 Å². The summed E-state index contributed by atoms with van der Waals surface area (Å²) in [6.45, 7) is 1.39. The van der Waals surface area contributed by atoms with Crippen LogP contribution in [0.1, 0.15) is 24.0 Å². The molecule has 0 aromatic heterocycles. The molecule has 3 N–H and O–H groups in total. The summed E-state index contributed by atoms with van der Waals surface area (Å²) in [5, 5.41) is 13.8. The Morgan fingerprint density at radius 3 is 2.10 bits per heavy atom. The highest BCUT2D eigenvalue weighted by Crippen LogP contribution is 2.44. The van der Waals surface area contributed by atoms with E-state index in [1.165, 1.54) is 14.0 Å². The van der Waals surface area contributed by atoms with Crippen molar-refractivity contribution in [1.29, 1.82) is 0 Å². The predicted molar refractivity (Wildman–Crippen MR) is 109 cm³/mol. The number of rotatable bonds is 8. The van der Waals surface area contributed by atoms with Gasteiger partial charge in [0.2, 0.25) is 5.91 Å². The van der Waals surface area contributed by atoms with Crippen LogP contribution in [0, 0.1) is 0 Å². The van der Waals surface area contributed by atoms with Gasteiger partial charge in [-0.2, -0.15) is 0 Å². The van der Waals surface area contributed by atoms with E-state index in [1.807, 2.05) is 48.5 Å². The van der Waals surface area contributed by atoms with Crippen molar-refractivity contribution in [2.45, 2.75) is 24.9 Å². The number of carboxylic acid groups (broad SMARTS) is 1. The minimum Gasteiger partial charge on any atom is -0.480 e. The number of benzene rings is 2. The molecule has 2 atom stereocenters. The third kappa shape index (κ3) is 4.60. The number of carbonyl (C=O) groups excluding carboxylic acids is 2. The lowest BCUT2D eigenvalue weighted by Crippen LogP contribution is -2.51. The van der Waals surface area contributed by atoms with Crippen molar-refractivity contribution in [3.63, 3.8) is 0 Å². The SMILES string of the molecule is COCC(NC(=O)C(C)NC(=O)OCC1c2ccccc2-c2ccccc21)C(=O)O. The molecule has 0 aliphatic heterocycles. The van der Waals surface area contributed by atoms with E-state index >= 15 is 0 Å². The number of nitrogens with one attached hydrogen (secondary N) is 2. The van der Waals surface area contributed by atoms with Gasteiger partial charge in [0.25, 0.3) is 0 Å². The van der Waals surface area contributed by atoms with E-state index < -0.39 is 30.1 Å². The Labute approximate surface area is 174 Å². The van der Waals surface area contributed by atoms with Gasteiger partial charge in [-0.3, -0.25) is 4.79 Å². The van der Waals surface area contributed by atoms with Gasteiger partial charge in [-0.05, 0) is 29.2 Å². The fourth-order valence-electron chi connectivity index (χ4n) is 3.52. The summed E-state index contributed by atoms with van der Waals surface area (Å²) in [6.07, 6.45) is -0.752. The highest BCUT2D eigenvalue weighted by Gasteiger charge is 2.29. The molecule has 0 radical (unpaired) electrons. The van der Waals surface area contributed by atoms with Crippen LogP contribution < -0.4 is 10.6 Å². The van der Waals surface area contributed by atoms with Crippen LogP contribution in [0.5, 0.6) is 0 Å². The van der Waals surface area contributed by atoms with E-state index in [2.05, 4.69) is 10.6 Å². The first kappa shape index (κ1) is 21.3. The van der Waals surface area contributed by atoms with Gasteiger partial charge >= 0.3 is 12.1 Å². The summed E-state index contributed by atoms with van der Waals surface area (Å²) >= 11 is 0. The molecule has 0 heterocycles. The van der Waals surface area contributed by atoms with Gasteiger partial charge < -0.3 is 25.2 Å². The van der Waals surface area contributed by atoms with Crippen LogP contribution in [0.4, 0.5) is 4.79 Å². The molecule has 2 aromatic carbocycles. The average molecular weight is 412 g/mol. The number of aliphatic carboxylic acids is 1. The molecule has 1 aliphatic rings. The molecule has 0 bridgehead atoms. The van der Waals surface area contributed by atoms with Crippen molar-refractivity contribution in [1.82, 2.24) is 10.6 Å². The Balaban J connectivity index is 1.58. The first-order valence-corrected chi connectivity index (χ1v) is 9.56. The zero-order chi connectivity index (χ0) is 21.7. The normalized spacial score (nSPS) is 14.2. The number of carboxylic acids is 1. The van der Waals surface area contributed by atoms with Crippen LogP contribution in [0.15, 0.2) is 48.5 Å². The lowest BCUT2D eigenvalue weighted by molar-refractivity contribution is -0.143. The summed E-state index contributed by atoms with van der Waals surface area (Å²) in [5.74, 6) is -1.96. The van der Waals surface area contributed by atoms with Gasteiger partial charge in [0.1, 0.15) is 12.6 Å². The van der Waals surface area contributed by atoms with Crippen molar-refractivity contribution in [2.24, 2.45) is 0 Å². The van der Waals surface area contributed by atoms with Crippen LogP contribution in [0.2, 0.25) is 0 Å². The zero-order valence-electron chi connectivity index (χ0n) is 16.8. The maximum absolute atomic E-state index is 12.2. The number of ether oxygens (including phenoxy) is 2. The molecular weight excluding hydrogens is 388 g/mol. The Morgan fingerprint density at radius 2 is 1.57 bits per heavy atom. The first-order chi connectivity index (χ1) is 14.4. The molecular formula is C22H24N2O6. The molecule has 2 amide bonds. The van der Waals surface area contributed by atoms with E-state index in [4.69, 9.17) is 14.6 Å². The van der Waals surface area contributed by atoms with Crippen molar-refractivity contribution in [3.8, 4) is 11.1 Å². The predicted octanol–water partition coefficient (Wildman–Crippen LogP) is 2.13. The molecule has 2 aromatic rings. The molecule has 0 saturated carbocycles. The standard InChI is InChI=1S/C22H24N2O6/c1-13(20(25)24-19(12-29-2)21(26)27)23-22(28)30-11-18-16-9-5-3-7-14(16)15-8-4-6-10-17(15)18/h3-10,13,18-19H,11-12H2,1-2H3,(H,23,28)(H,24,25)(H,26,27). The maximum atomic E-state index is 12.2. The second-order valence-electron chi connectivity index (χ2n) is 7.05. The third-order valence-electron chi connectivity index (χ3n) is 5.02. The van der Waals surface area contributed by atoms with Crippen molar-refractivity contribution in [2.75, 3.05) is 20.3 Å². The van der Waals surface area contributed by atoms with E-state index in [-0.39, 0.29) is 19.1 Å². The van der Waals surface area contributed by atoms with Crippen LogP contribution >= 0.6 is 0 Å². The van der Waals surface area contributed by atoms with Crippen LogP contribution in [0.3, 0.4) is 0 Å². The first-order valence-electron chi connectivity index (χ1n) is 9.56. The summed E-state index contributed by atoms with van der Waals surface area (Å²) in [4.78, 5) is 35.5. The molecule has 0 saturated heterocycles. The second-order valence-corrected chi connectivity index (χ2v) is 7.05. The number of methoxy groups -OCH3 is 1. The van der Waals surface area contributed by atoms with Crippen LogP contribution in [-0.2, 0) is 19.1 Å². The molecule has 8 heteroatoms. The minimum atomic E-state index is -1.22. The Bertz CT molecular complexity index is 899. The highest BCUT2D eigenvalue weighted by atomic mass is 16.5. The minimum absolute atomic E-state index is 0.0922. The zero-order valence-corrected chi connectivity index (χ0v) is 16.8. The van der Waals surface area contributed by atoms with E-state index in [1.54, 1.807) is 0 Å². The van der Waals surface area contributed by atoms with Gasteiger partial charge in [-0.15, -0.1) is 0 Å². The summed E-state index contributed by atoms with van der Waals surface area (Å²) in [5.41, 5.74) is 4.41. The molecule has 0 spiro atoms. The number of hydrogen-bond acceptors (Lipinski definition) is 5. The molecule has 2 unspecified atom stereocenters. The fourth-order valence-corrected chi connectivity index (χ4v) is 3.52. The molecule has 0 fully saturated rings. The van der Waals surface area contributed by atoms with E-state index in [9.17, 15) is 14.4 Å². The van der Waals surface area contributed by atoms with Crippen molar-refractivity contribution >= 4 is 18.0 Å². The molecule has 3 rings (SSSR count). The Kier molecular flexibility index (Phi) is 6.68. The second kappa shape index (κ2) is 9.41. The van der Waals surface area contributed by atoms with Gasteiger partial charge in [0.05, 0.1) is 6.61 Å². The number of amides is 2. The van der Waals surface area contributed by atoms with Gasteiger partial charge in [0, 0.05) is 13.0 Å². The number of carbonyl (C=O) groups is 3. The van der Waals surface area contributed by atoms with Crippen LogP contribution in [0.25, 0.3) is 11.1 Å². The lowest BCUT2D eigenvalue weighted by atomic mass is 9.98. The largest absolute Gasteiger partial charge is 0.480 e. The monoisotopic (exact) mass is 412 g/mol. The quantitative estimate of drug-likeness (QED) is 0.612. The highest BCUT2D eigenvalue weighted by molar-refractivity contribution is 5.89. The molecule has 158 valence electrons. The Morgan fingerprint density at radius 1 is 1.00 bits per heavy atom. The van der Waals surface area contributed by atoms with Crippen molar-refractivity contribution in [3.05, 3.63) is 59.7 Å². The molecule has 8 nitrogen and oxygen atoms in total. The van der Waals surface area contributed by atoms with E-state index in [0.717, 1.165) is 22.3 Å². The lowest BCUT2D eigenvalue weighted by Gasteiger charge is -2.19. The third-order valence-corrected chi connectivity index (χ3v) is 5.02. The van der Waals surface area contributed by atoms with Crippen molar-refractivity contribution < 1.29 is 29.0 Å². The number of hydrogen-bond donors (Lipinski definition) is 3. The summed E-state index contributed by atoms with van der Waals surface area (Å²) in [6, 6.07) is 13.8. The average Bonchev–Trinajstić information content (AvgIpc) is 3.05. The Hall–Kier alpha value is -3.39. The van der Waals surface area contributed by atoms with Gasteiger partial charge in [-0.25, -0.2) is 9.59 Å². The maximum Gasteiger partial charge on any atom is 0.407 e.